The lowest BCUT2D eigenvalue weighted by Gasteiger charge is -2.30. The fourth-order valence-electron chi connectivity index (χ4n) is 1.83. The number of hydrogen-bond donors (Lipinski definition) is 1. The lowest BCUT2D eigenvalue weighted by molar-refractivity contribution is 0.206. The zero-order valence-corrected chi connectivity index (χ0v) is 9.14. The van der Waals surface area contributed by atoms with Gasteiger partial charge in [-0.1, -0.05) is 18.5 Å². The first-order chi connectivity index (χ1) is 6.59. The highest BCUT2D eigenvalue weighted by atomic mass is 35.5. The van der Waals surface area contributed by atoms with Crippen LogP contribution in [0.25, 0.3) is 0 Å². The molecule has 0 spiro atoms. The average molecular weight is 212 g/mol. The predicted molar refractivity (Wildman–Crippen MR) is 57.8 cm³/mol. The molecule has 0 amide bonds. The molecule has 0 aliphatic carbocycles. The molecule has 2 atom stereocenters. The molecule has 0 saturated heterocycles. The zero-order valence-electron chi connectivity index (χ0n) is 8.38. The van der Waals surface area contributed by atoms with Crippen molar-refractivity contribution in [3.63, 3.8) is 0 Å². The summed E-state index contributed by atoms with van der Waals surface area (Å²) in [4.78, 5) is 0. The summed E-state index contributed by atoms with van der Waals surface area (Å²) in [5, 5.41) is 0.731. The highest BCUT2D eigenvalue weighted by molar-refractivity contribution is 6.30. The Morgan fingerprint density at radius 3 is 2.93 bits per heavy atom. The molecule has 2 rings (SSSR count). The molecule has 2 nitrogen and oxygen atoms in total. The van der Waals surface area contributed by atoms with Gasteiger partial charge in [0.1, 0.15) is 5.75 Å². The largest absolute Gasteiger partial charge is 0.493 e. The van der Waals surface area contributed by atoms with Crippen molar-refractivity contribution in [2.75, 3.05) is 6.61 Å². The third-order valence-corrected chi connectivity index (χ3v) is 2.95. The minimum atomic E-state index is 0.0381. The second kappa shape index (κ2) is 3.44. The van der Waals surface area contributed by atoms with E-state index in [4.69, 9.17) is 22.1 Å². The van der Waals surface area contributed by atoms with Crippen molar-refractivity contribution < 1.29 is 4.74 Å². The summed E-state index contributed by atoms with van der Waals surface area (Å²) in [7, 11) is 0. The van der Waals surface area contributed by atoms with Gasteiger partial charge in [0.2, 0.25) is 0 Å². The maximum atomic E-state index is 6.09. The molecule has 1 aromatic carbocycles. The summed E-state index contributed by atoms with van der Waals surface area (Å²) in [5.41, 5.74) is 8.19. The minimum Gasteiger partial charge on any atom is -0.493 e. The molecule has 0 fully saturated rings. The van der Waals surface area contributed by atoms with Crippen LogP contribution in [-0.4, -0.2) is 6.61 Å². The Morgan fingerprint density at radius 2 is 2.21 bits per heavy atom. The van der Waals surface area contributed by atoms with Gasteiger partial charge in [-0.15, -0.1) is 0 Å². The molecule has 0 saturated carbocycles. The van der Waals surface area contributed by atoms with Crippen molar-refractivity contribution in [2.24, 2.45) is 11.7 Å². The number of benzene rings is 1. The van der Waals surface area contributed by atoms with Crippen molar-refractivity contribution in [3.05, 3.63) is 28.3 Å². The number of halogens is 1. The second-order valence-corrected chi connectivity index (χ2v) is 4.39. The van der Waals surface area contributed by atoms with E-state index in [1.807, 2.05) is 19.1 Å². The van der Waals surface area contributed by atoms with E-state index in [0.717, 1.165) is 21.9 Å². The van der Waals surface area contributed by atoms with E-state index < -0.39 is 0 Å². The molecule has 1 aliphatic heterocycles. The zero-order chi connectivity index (χ0) is 10.3. The standard InChI is InChI=1S/C11H14ClNO/c1-6-3-8(12)4-9-10(13)7(2)5-14-11(6)9/h3-4,7,10H,5,13H2,1-2H3. The number of nitrogens with two attached hydrogens (primary N) is 1. The Morgan fingerprint density at radius 1 is 1.50 bits per heavy atom. The number of fused-ring (bicyclic) bond motifs is 1. The molecule has 1 aromatic rings. The molecule has 0 radical (unpaired) electrons. The lowest BCUT2D eigenvalue weighted by atomic mass is 9.91. The molecule has 2 unspecified atom stereocenters. The number of hydrogen-bond acceptors (Lipinski definition) is 2. The van der Waals surface area contributed by atoms with Crippen LogP contribution in [0, 0.1) is 12.8 Å². The van der Waals surface area contributed by atoms with Crippen molar-refractivity contribution in [1.82, 2.24) is 0 Å². The molecule has 2 N–H and O–H groups in total. The molecule has 1 heterocycles. The van der Waals surface area contributed by atoms with E-state index in [1.54, 1.807) is 0 Å². The first kappa shape index (κ1) is 9.81. The molecule has 76 valence electrons. The highest BCUT2D eigenvalue weighted by Gasteiger charge is 2.26. The number of ether oxygens (including phenoxy) is 1. The Labute approximate surface area is 89.0 Å². The molecule has 3 heteroatoms. The molecular weight excluding hydrogens is 198 g/mol. The van der Waals surface area contributed by atoms with Gasteiger partial charge in [0, 0.05) is 22.5 Å². The summed E-state index contributed by atoms with van der Waals surface area (Å²) in [6.07, 6.45) is 0. The van der Waals surface area contributed by atoms with Gasteiger partial charge < -0.3 is 10.5 Å². The normalized spacial score (nSPS) is 25.4. The number of rotatable bonds is 0. The Balaban J connectivity index is 2.54. The smallest absolute Gasteiger partial charge is 0.127 e. The van der Waals surface area contributed by atoms with Crippen LogP contribution in [0.4, 0.5) is 0 Å². The van der Waals surface area contributed by atoms with E-state index in [0.29, 0.717) is 12.5 Å². The SMILES string of the molecule is Cc1cc(Cl)cc2c1OCC(C)C2N. The van der Waals surface area contributed by atoms with Gasteiger partial charge >= 0.3 is 0 Å². The van der Waals surface area contributed by atoms with Crippen LogP contribution in [0.1, 0.15) is 24.1 Å². The first-order valence-corrected chi connectivity index (χ1v) is 5.16. The van der Waals surface area contributed by atoms with E-state index in [2.05, 4.69) is 6.92 Å². The van der Waals surface area contributed by atoms with Gasteiger partial charge in [-0.3, -0.25) is 0 Å². The molecule has 1 aliphatic rings. The molecule has 0 aromatic heterocycles. The first-order valence-electron chi connectivity index (χ1n) is 4.78. The van der Waals surface area contributed by atoms with Gasteiger partial charge in [0.15, 0.2) is 0 Å². The topological polar surface area (TPSA) is 35.2 Å². The lowest BCUT2D eigenvalue weighted by Crippen LogP contribution is -2.29. The van der Waals surface area contributed by atoms with E-state index in [1.165, 1.54) is 0 Å². The average Bonchev–Trinajstić information content (AvgIpc) is 2.12. The fourth-order valence-corrected chi connectivity index (χ4v) is 2.11. The van der Waals surface area contributed by atoms with Crippen LogP contribution in [0.5, 0.6) is 5.75 Å². The van der Waals surface area contributed by atoms with Crippen LogP contribution in [-0.2, 0) is 0 Å². The maximum Gasteiger partial charge on any atom is 0.127 e. The van der Waals surface area contributed by atoms with Crippen molar-refractivity contribution in [1.29, 1.82) is 0 Å². The third kappa shape index (κ3) is 1.49. The van der Waals surface area contributed by atoms with Gasteiger partial charge in [-0.05, 0) is 24.6 Å². The quantitative estimate of drug-likeness (QED) is 0.716. The van der Waals surface area contributed by atoms with Crippen LogP contribution >= 0.6 is 11.6 Å². The fraction of sp³-hybridized carbons (Fsp3) is 0.455. The summed E-state index contributed by atoms with van der Waals surface area (Å²) < 4.78 is 5.65. The second-order valence-electron chi connectivity index (χ2n) is 3.96. The van der Waals surface area contributed by atoms with Crippen LogP contribution in [0.15, 0.2) is 12.1 Å². The Kier molecular flexibility index (Phi) is 2.41. The van der Waals surface area contributed by atoms with Gasteiger partial charge in [-0.2, -0.15) is 0 Å². The van der Waals surface area contributed by atoms with Crippen LogP contribution in [0.3, 0.4) is 0 Å². The monoisotopic (exact) mass is 211 g/mol. The summed E-state index contributed by atoms with van der Waals surface area (Å²) in [5.74, 6) is 1.26. The van der Waals surface area contributed by atoms with Crippen LogP contribution < -0.4 is 10.5 Å². The summed E-state index contributed by atoms with van der Waals surface area (Å²) >= 11 is 5.98. The van der Waals surface area contributed by atoms with Gasteiger partial charge in [0.05, 0.1) is 6.61 Å². The molecule has 0 bridgehead atoms. The minimum absolute atomic E-state index is 0.0381. The van der Waals surface area contributed by atoms with E-state index in [9.17, 15) is 0 Å². The predicted octanol–water partition coefficient (Wildman–Crippen LogP) is 2.68. The summed E-state index contributed by atoms with van der Waals surface area (Å²) in [6.45, 7) is 4.77. The Bertz CT molecular complexity index is 365. The van der Waals surface area contributed by atoms with Crippen molar-refractivity contribution >= 4 is 11.6 Å². The number of aryl methyl sites for hydroxylation is 1. The molecular formula is C11H14ClNO. The maximum absolute atomic E-state index is 6.09. The van der Waals surface area contributed by atoms with Gasteiger partial charge in [-0.25, -0.2) is 0 Å². The van der Waals surface area contributed by atoms with E-state index in [-0.39, 0.29) is 6.04 Å². The highest BCUT2D eigenvalue weighted by Crippen LogP contribution is 2.37. The third-order valence-electron chi connectivity index (χ3n) is 2.73. The summed E-state index contributed by atoms with van der Waals surface area (Å²) in [6, 6.07) is 3.85. The van der Waals surface area contributed by atoms with Crippen LogP contribution in [0.2, 0.25) is 5.02 Å². The van der Waals surface area contributed by atoms with Crippen molar-refractivity contribution in [2.45, 2.75) is 19.9 Å². The Hall–Kier alpha value is -0.730. The van der Waals surface area contributed by atoms with Gasteiger partial charge in [0.25, 0.3) is 0 Å². The van der Waals surface area contributed by atoms with E-state index >= 15 is 0 Å². The van der Waals surface area contributed by atoms with Crippen molar-refractivity contribution in [3.8, 4) is 5.75 Å². The molecule has 14 heavy (non-hydrogen) atoms.